The van der Waals surface area contributed by atoms with Crippen LogP contribution in [0.3, 0.4) is 0 Å². The van der Waals surface area contributed by atoms with E-state index < -0.39 is 47.0 Å². The molecular weight excluding hydrogens is 834 g/mol. The summed E-state index contributed by atoms with van der Waals surface area (Å²) in [6, 6.07) is 28.4. The van der Waals surface area contributed by atoms with E-state index in [-0.39, 0.29) is 36.8 Å². The molecule has 0 amide bonds. The summed E-state index contributed by atoms with van der Waals surface area (Å²) in [4.78, 5) is 13.9. The van der Waals surface area contributed by atoms with Gasteiger partial charge in [-0.15, -0.1) is 0 Å². The number of hydrogen-bond donors (Lipinski definition) is 1. The van der Waals surface area contributed by atoms with Gasteiger partial charge in [-0.05, 0) is 86.8 Å². The summed E-state index contributed by atoms with van der Waals surface area (Å²) >= 11 is 0. The van der Waals surface area contributed by atoms with Gasteiger partial charge in [0.2, 0.25) is 0 Å². The van der Waals surface area contributed by atoms with Crippen molar-refractivity contribution < 1.29 is 32.4 Å². The second-order valence-electron chi connectivity index (χ2n) is 17.6. The van der Waals surface area contributed by atoms with Crippen molar-refractivity contribution in [3.8, 4) is 17.6 Å². The first-order valence-corrected chi connectivity index (χ1v) is 25.6. The number of ether oxygens (including phenoxy) is 4. The Bertz CT molecular complexity index is 2210. The molecule has 5 atom stereocenters. The van der Waals surface area contributed by atoms with Gasteiger partial charge in [-0.2, -0.15) is 5.26 Å². The minimum absolute atomic E-state index is 0.0518. The highest BCUT2D eigenvalue weighted by molar-refractivity contribution is 7.44. The van der Waals surface area contributed by atoms with E-state index in [1.165, 1.54) is 6.33 Å². The second kappa shape index (κ2) is 20.6. The highest BCUT2D eigenvalue weighted by Gasteiger charge is 2.54. The van der Waals surface area contributed by atoms with Crippen molar-refractivity contribution >= 4 is 33.8 Å². The Morgan fingerprint density at radius 3 is 1.97 bits per heavy atom. The molecule has 3 aromatic carbocycles. The van der Waals surface area contributed by atoms with Gasteiger partial charge in [-0.1, -0.05) is 75.4 Å². The minimum Gasteiger partial charge on any atom is -0.497 e. The Balaban J connectivity index is 1.56. The van der Waals surface area contributed by atoms with Gasteiger partial charge < -0.3 is 37.7 Å². The van der Waals surface area contributed by atoms with Crippen LogP contribution in [0, 0.1) is 11.3 Å². The monoisotopic (exact) mass is 897 g/mol. The van der Waals surface area contributed by atoms with Crippen LogP contribution in [0.15, 0.2) is 91.5 Å². The summed E-state index contributed by atoms with van der Waals surface area (Å²) in [5.74, 6) is 2.04. The molecule has 5 aromatic rings. The van der Waals surface area contributed by atoms with Crippen molar-refractivity contribution in [2.45, 2.75) is 115 Å². The molecule has 338 valence electrons. The van der Waals surface area contributed by atoms with Crippen molar-refractivity contribution in [1.82, 2.24) is 24.2 Å². The fraction of sp³-hybridized carbons (Fsp3) is 0.489. The minimum atomic E-state index is -2.56. The number of aromatic nitrogens is 4. The van der Waals surface area contributed by atoms with E-state index >= 15 is 0 Å². The van der Waals surface area contributed by atoms with E-state index in [9.17, 15) is 5.26 Å². The van der Waals surface area contributed by atoms with Crippen LogP contribution in [-0.2, 0) is 28.5 Å². The highest BCUT2D eigenvalue weighted by Crippen LogP contribution is 2.53. The number of benzene rings is 3. The molecule has 1 N–H and O–H groups in total. The molecule has 1 fully saturated rings. The Hall–Kier alpha value is -4.49. The maximum atomic E-state index is 9.59. The van der Waals surface area contributed by atoms with Crippen LogP contribution in [-0.4, -0.2) is 97.4 Å². The van der Waals surface area contributed by atoms with Gasteiger partial charge in [0.15, 0.2) is 26.0 Å². The quantitative estimate of drug-likeness (QED) is 0.0343. The summed E-state index contributed by atoms with van der Waals surface area (Å²) in [7, 11) is 0.801. The van der Waals surface area contributed by atoms with Crippen LogP contribution < -0.4 is 14.8 Å². The van der Waals surface area contributed by atoms with Crippen LogP contribution in [0.5, 0.6) is 11.5 Å². The number of imidazole rings is 1. The molecule has 0 bridgehead atoms. The van der Waals surface area contributed by atoms with E-state index in [2.05, 4.69) is 94.7 Å². The average molecular weight is 898 g/mol. The summed E-state index contributed by atoms with van der Waals surface area (Å²) in [6.45, 7) is 19.9. The maximum absolute atomic E-state index is 9.59. The van der Waals surface area contributed by atoms with Crippen molar-refractivity contribution in [1.29, 1.82) is 5.26 Å². The molecule has 16 heteroatoms. The number of rotatable bonds is 20. The van der Waals surface area contributed by atoms with E-state index in [1.54, 1.807) is 20.5 Å². The van der Waals surface area contributed by atoms with Crippen molar-refractivity contribution in [3.63, 3.8) is 0 Å². The number of nitriles is 1. The lowest BCUT2D eigenvalue weighted by Crippen LogP contribution is -2.50. The summed E-state index contributed by atoms with van der Waals surface area (Å²) in [6.07, 6.45) is 0.574. The number of fused-ring (bicyclic) bond motifs is 1. The Morgan fingerprint density at radius 1 is 0.857 bits per heavy atom. The first kappa shape index (κ1) is 48.0. The lowest BCUT2D eigenvalue weighted by Gasteiger charge is -2.42. The summed E-state index contributed by atoms with van der Waals surface area (Å²) in [5, 5.41) is 12.6. The molecule has 5 unspecified atom stereocenters. The van der Waals surface area contributed by atoms with E-state index in [1.807, 2.05) is 78.3 Å². The summed E-state index contributed by atoms with van der Waals surface area (Å²) < 4.78 is 51.7. The molecule has 1 aliphatic heterocycles. The third-order valence-electron chi connectivity index (χ3n) is 11.9. The molecule has 0 spiro atoms. The zero-order chi connectivity index (χ0) is 45.5. The van der Waals surface area contributed by atoms with Gasteiger partial charge in [0, 0.05) is 19.1 Å². The van der Waals surface area contributed by atoms with Crippen LogP contribution in [0.2, 0.25) is 18.1 Å². The topological polar surface area (TPSA) is 147 Å². The molecule has 0 aliphatic carbocycles. The first-order chi connectivity index (χ1) is 30.1. The highest BCUT2D eigenvalue weighted by atomic mass is 31.2. The summed E-state index contributed by atoms with van der Waals surface area (Å²) in [5.41, 5.74) is 2.70. The number of nitrogens with one attached hydrogen (secondary N) is 1. The van der Waals surface area contributed by atoms with Gasteiger partial charge in [-0.25, -0.2) is 19.6 Å². The Morgan fingerprint density at radius 2 is 1.44 bits per heavy atom. The van der Waals surface area contributed by atoms with E-state index in [0.717, 1.165) is 28.2 Å². The predicted octanol–water partition coefficient (Wildman–Crippen LogP) is 9.84. The standard InChI is InChI=1S/C47H64N7O7PSi/c1-32(2)54(33(3)4)62(58-28-16-27-48)60-41-39(59-45(42(41)61-63(11,12)46(5,6)7)53-31-52-40-43(49-8)50-30-51-44(40)53)29-57-47(34-17-14-13-15-18-34,35-19-23-37(55-9)24-20-35)36-21-25-38(56-10)26-22-36/h13-15,17-26,30-33,39,41-42,45H,16,28-29H2,1-12H3,(H,49,50,51). The van der Waals surface area contributed by atoms with Gasteiger partial charge in [0.1, 0.15) is 47.3 Å². The smallest absolute Gasteiger partial charge is 0.259 e. The largest absolute Gasteiger partial charge is 0.497 e. The van der Waals surface area contributed by atoms with Crippen LogP contribution >= 0.6 is 8.53 Å². The zero-order valence-corrected chi connectivity index (χ0v) is 40.6. The van der Waals surface area contributed by atoms with E-state index in [4.69, 9.17) is 42.4 Å². The number of anilines is 1. The second-order valence-corrected chi connectivity index (χ2v) is 23.8. The van der Waals surface area contributed by atoms with Gasteiger partial charge in [0.25, 0.3) is 8.53 Å². The first-order valence-electron chi connectivity index (χ1n) is 21.5. The normalized spacial score (nSPS) is 18.9. The molecule has 3 heterocycles. The number of nitrogens with zero attached hydrogens (tertiary/aromatic N) is 6. The Kier molecular flexibility index (Phi) is 15.7. The molecule has 0 saturated carbocycles. The van der Waals surface area contributed by atoms with Crippen LogP contribution in [0.4, 0.5) is 5.82 Å². The lowest BCUT2D eigenvalue weighted by molar-refractivity contribution is -0.0926. The van der Waals surface area contributed by atoms with Gasteiger partial charge in [-0.3, -0.25) is 4.57 Å². The maximum Gasteiger partial charge on any atom is 0.259 e. The Labute approximate surface area is 375 Å². The fourth-order valence-corrected chi connectivity index (χ4v) is 10.8. The molecule has 14 nitrogen and oxygen atoms in total. The average Bonchev–Trinajstić information content (AvgIpc) is 3.84. The molecule has 1 aliphatic rings. The van der Waals surface area contributed by atoms with Gasteiger partial charge >= 0.3 is 0 Å². The van der Waals surface area contributed by atoms with E-state index in [0.29, 0.717) is 17.0 Å². The lowest BCUT2D eigenvalue weighted by atomic mass is 9.80. The third-order valence-corrected chi connectivity index (χ3v) is 18.5. The van der Waals surface area contributed by atoms with Crippen molar-refractivity contribution in [2.24, 2.45) is 0 Å². The zero-order valence-electron chi connectivity index (χ0n) is 38.7. The molecule has 63 heavy (non-hydrogen) atoms. The van der Waals surface area contributed by atoms with Crippen molar-refractivity contribution in [3.05, 3.63) is 108 Å². The fourth-order valence-electron chi connectivity index (χ4n) is 7.74. The predicted molar refractivity (Wildman–Crippen MR) is 249 cm³/mol. The molecule has 6 rings (SSSR count). The SMILES string of the molecule is CNc1ncnc2c1ncn2C1OC(COC(c2ccccc2)(c2ccc(OC)cc2)c2ccc(OC)cc2)C(OP(OCCC#N)N(C(C)C)C(C)C)C1O[Si](C)(C)C(C)(C)C. The molecule has 1 saturated heterocycles. The number of methoxy groups -OCH3 is 2. The molecule has 0 radical (unpaired) electrons. The molecule has 2 aromatic heterocycles. The third kappa shape index (κ3) is 10.2. The van der Waals surface area contributed by atoms with Crippen LogP contribution in [0.1, 0.15) is 77.8 Å². The number of hydrogen-bond acceptors (Lipinski definition) is 13. The van der Waals surface area contributed by atoms with Gasteiger partial charge in [0.05, 0.1) is 46.3 Å². The van der Waals surface area contributed by atoms with Crippen molar-refractivity contribution in [2.75, 3.05) is 39.8 Å². The molecular formula is C47H64N7O7PSi. The van der Waals surface area contributed by atoms with Crippen LogP contribution in [0.25, 0.3) is 11.2 Å².